The number of nitrogens with zero attached hydrogens (tertiary/aromatic N) is 1. The summed E-state index contributed by atoms with van der Waals surface area (Å²) in [6, 6.07) is 8.22. The van der Waals surface area contributed by atoms with Crippen LogP contribution in [0.1, 0.15) is 12.5 Å². The lowest BCUT2D eigenvalue weighted by molar-refractivity contribution is 0.592. The fourth-order valence-corrected chi connectivity index (χ4v) is 2.06. The van der Waals surface area contributed by atoms with E-state index < -0.39 is 15.1 Å². The normalized spacial score (nSPS) is 13.2. The summed E-state index contributed by atoms with van der Waals surface area (Å²) in [6.45, 7) is 3.26. The summed E-state index contributed by atoms with van der Waals surface area (Å²) in [4.78, 5) is 0.206. The van der Waals surface area contributed by atoms with Gasteiger partial charge in [0.25, 0.3) is 0 Å². The van der Waals surface area contributed by atoms with Crippen LogP contribution in [0.5, 0.6) is 0 Å². The molecule has 0 spiro atoms. The summed E-state index contributed by atoms with van der Waals surface area (Å²) in [6.07, 6.45) is 0. The number of benzene rings is 1. The smallest absolute Gasteiger partial charge is 0.194 e. The molecule has 0 fully saturated rings. The van der Waals surface area contributed by atoms with Crippen LogP contribution in [0.2, 0.25) is 0 Å². The average molecular weight is 209 g/mol. The van der Waals surface area contributed by atoms with Crippen LogP contribution in [-0.4, -0.2) is 13.7 Å². The van der Waals surface area contributed by atoms with Gasteiger partial charge in [-0.3, -0.25) is 0 Å². The SMILES string of the molecule is Cc1ccc(S(=O)(=O)C(C)C#N)cc1. The fourth-order valence-electron chi connectivity index (χ4n) is 1.00. The molecule has 0 aliphatic carbocycles. The maximum absolute atomic E-state index is 11.7. The lowest BCUT2D eigenvalue weighted by Gasteiger charge is -2.05. The second kappa shape index (κ2) is 3.81. The lowest BCUT2D eigenvalue weighted by Crippen LogP contribution is -2.15. The Bertz CT molecular complexity index is 454. The third-order valence-corrected chi connectivity index (χ3v) is 3.96. The zero-order chi connectivity index (χ0) is 10.8. The first-order valence-electron chi connectivity index (χ1n) is 4.18. The van der Waals surface area contributed by atoms with Crippen molar-refractivity contribution in [2.75, 3.05) is 0 Å². The molecular formula is C10H11NO2S. The van der Waals surface area contributed by atoms with Crippen molar-refractivity contribution in [3.63, 3.8) is 0 Å². The van der Waals surface area contributed by atoms with E-state index in [-0.39, 0.29) is 4.90 Å². The van der Waals surface area contributed by atoms with Crippen LogP contribution in [0.15, 0.2) is 29.2 Å². The van der Waals surface area contributed by atoms with Gasteiger partial charge in [0, 0.05) is 0 Å². The van der Waals surface area contributed by atoms with Gasteiger partial charge in [0.15, 0.2) is 9.84 Å². The highest BCUT2D eigenvalue weighted by Crippen LogP contribution is 2.15. The van der Waals surface area contributed by atoms with E-state index in [0.717, 1.165) is 5.56 Å². The van der Waals surface area contributed by atoms with E-state index in [9.17, 15) is 8.42 Å². The van der Waals surface area contributed by atoms with Gasteiger partial charge < -0.3 is 0 Å². The van der Waals surface area contributed by atoms with Gasteiger partial charge >= 0.3 is 0 Å². The third-order valence-electron chi connectivity index (χ3n) is 2.00. The summed E-state index contributed by atoms with van der Waals surface area (Å²) < 4.78 is 23.3. The fraction of sp³-hybridized carbons (Fsp3) is 0.300. The maximum atomic E-state index is 11.7. The third kappa shape index (κ3) is 1.94. The summed E-state index contributed by atoms with van der Waals surface area (Å²) in [5, 5.41) is 7.56. The molecule has 1 unspecified atom stereocenters. The van der Waals surface area contributed by atoms with Crippen LogP contribution in [0.25, 0.3) is 0 Å². The minimum atomic E-state index is -3.47. The molecule has 1 aromatic rings. The van der Waals surface area contributed by atoms with Crippen molar-refractivity contribution in [2.45, 2.75) is 24.0 Å². The molecule has 0 N–H and O–H groups in total. The molecule has 1 atom stereocenters. The molecule has 0 aromatic heterocycles. The Morgan fingerprint density at radius 1 is 1.29 bits per heavy atom. The maximum Gasteiger partial charge on any atom is 0.194 e. The predicted octanol–water partition coefficient (Wildman–Crippen LogP) is 1.68. The lowest BCUT2D eigenvalue weighted by atomic mass is 10.2. The molecule has 1 rings (SSSR count). The van der Waals surface area contributed by atoms with E-state index >= 15 is 0 Å². The molecule has 74 valence electrons. The van der Waals surface area contributed by atoms with Gasteiger partial charge in [-0.15, -0.1) is 0 Å². The van der Waals surface area contributed by atoms with E-state index in [4.69, 9.17) is 5.26 Å². The van der Waals surface area contributed by atoms with E-state index in [2.05, 4.69) is 0 Å². The summed E-state index contributed by atoms with van der Waals surface area (Å²) in [5.41, 5.74) is 0.994. The molecular weight excluding hydrogens is 198 g/mol. The molecule has 1 aromatic carbocycles. The minimum absolute atomic E-state index is 0.206. The van der Waals surface area contributed by atoms with E-state index in [0.29, 0.717) is 0 Å². The van der Waals surface area contributed by atoms with Crippen molar-refractivity contribution in [1.29, 1.82) is 5.26 Å². The van der Waals surface area contributed by atoms with Crippen LogP contribution < -0.4 is 0 Å². The molecule has 0 aliphatic rings. The first-order chi connectivity index (χ1) is 6.48. The summed E-state index contributed by atoms with van der Waals surface area (Å²) >= 11 is 0. The number of sulfone groups is 1. The second-order valence-corrected chi connectivity index (χ2v) is 5.40. The highest BCUT2D eigenvalue weighted by molar-refractivity contribution is 7.92. The van der Waals surface area contributed by atoms with Gasteiger partial charge in [-0.1, -0.05) is 17.7 Å². The number of hydrogen-bond donors (Lipinski definition) is 0. The summed E-state index contributed by atoms with van der Waals surface area (Å²) in [5.74, 6) is 0. The van der Waals surface area contributed by atoms with Crippen LogP contribution in [-0.2, 0) is 9.84 Å². The van der Waals surface area contributed by atoms with Gasteiger partial charge in [0.2, 0.25) is 0 Å². The topological polar surface area (TPSA) is 57.9 Å². The molecule has 0 amide bonds. The van der Waals surface area contributed by atoms with Crippen LogP contribution >= 0.6 is 0 Å². The second-order valence-electron chi connectivity index (χ2n) is 3.13. The van der Waals surface area contributed by atoms with Crippen molar-refractivity contribution in [1.82, 2.24) is 0 Å². The van der Waals surface area contributed by atoms with E-state index in [1.807, 2.05) is 6.92 Å². The van der Waals surface area contributed by atoms with Crippen molar-refractivity contribution in [3.8, 4) is 6.07 Å². The van der Waals surface area contributed by atoms with Crippen LogP contribution in [0.4, 0.5) is 0 Å². The Kier molecular flexibility index (Phi) is 2.92. The minimum Gasteiger partial charge on any atom is -0.222 e. The van der Waals surface area contributed by atoms with E-state index in [1.165, 1.54) is 19.1 Å². The number of rotatable bonds is 2. The largest absolute Gasteiger partial charge is 0.222 e. The van der Waals surface area contributed by atoms with Crippen LogP contribution in [0, 0.1) is 18.3 Å². The monoisotopic (exact) mass is 209 g/mol. The number of hydrogen-bond acceptors (Lipinski definition) is 3. The van der Waals surface area contributed by atoms with Crippen LogP contribution in [0.3, 0.4) is 0 Å². The Morgan fingerprint density at radius 2 is 1.79 bits per heavy atom. The highest BCUT2D eigenvalue weighted by Gasteiger charge is 2.22. The Morgan fingerprint density at radius 3 is 2.21 bits per heavy atom. The van der Waals surface area contributed by atoms with Crippen molar-refractivity contribution in [3.05, 3.63) is 29.8 Å². The quantitative estimate of drug-likeness (QED) is 0.744. The predicted molar refractivity (Wildman–Crippen MR) is 53.4 cm³/mol. The van der Waals surface area contributed by atoms with Crippen molar-refractivity contribution >= 4 is 9.84 Å². The first-order valence-corrected chi connectivity index (χ1v) is 5.73. The average Bonchev–Trinajstić information content (AvgIpc) is 2.17. The molecule has 4 heteroatoms. The van der Waals surface area contributed by atoms with Gasteiger partial charge in [0.05, 0.1) is 11.0 Å². The number of nitriles is 1. The Balaban J connectivity index is 3.19. The first kappa shape index (κ1) is 10.7. The van der Waals surface area contributed by atoms with Gasteiger partial charge in [-0.25, -0.2) is 8.42 Å². The zero-order valence-corrected chi connectivity index (χ0v) is 8.88. The van der Waals surface area contributed by atoms with Gasteiger partial charge in [-0.2, -0.15) is 5.26 Å². The number of aryl methyl sites for hydroxylation is 1. The summed E-state index contributed by atoms with van der Waals surface area (Å²) in [7, 11) is -3.47. The molecule has 14 heavy (non-hydrogen) atoms. The Hall–Kier alpha value is -1.34. The zero-order valence-electron chi connectivity index (χ0n) is 8.06. The molecule has 3 nitrogen and oxygen atoms in total. The van der Waals surface area contributed by atoms with E-state index in [1.54, 1.807) is 18.2 Å². The molecule has 0 saturated carbocycles. The molecule has 0 heterocycles. The molecule has 0 saturated heterocycles. The molecule has 0 bridgehead atoms. The van der Waals surface area contributed by atoms with Crippen molar-refractivity contribution in [2.24, 2.45) is 0 Å². The van der Waals surface area contributed by atoms with Gasteiger partial charge in [0.1, 0.15) is 5.25 Å². The Labute approximate surface area is 83.9 Å². The standard InChI is InChI=1S/C10H11NO2S/c1-8-3-5-10(6-4-8)14(12,13)9(2)7-11/h3-6,9H,1-2H3. The molecule has 0 aliphatic heterocycles. The molecule has 0 radical (unpaired) electrons. The van der Waals surface area contributed by atoms with Crippen molar-refractivity contribution < 1.29 is 8.42 Å². The highest BCUT2D eigenvalue weighted by atomic mass is 32.2. The van der Waals surface area contributed by atoms with Gasteiger partial charge in [-0.05, 0) is 26.0 Å².